The average molecular weight is 176 g/mol. The lowest BCUT2D eigenvalue weighted by molar-refractivity contribution is -0.118. The van der Waals surface area contributed by atoms with Gasteiger partial charge in [0.1, 0.15) is 0 Å². The Labute approximate surface area is 70.1 Å². The first-order valence-electron chi connectivity index (χ1n) is 3.26. The Morgan fingerprint density at radius 1 is 1.64 bits per heavy atom. The number of hydrogen-bond donors (Lipinski definition) is 2. The van der Waals surface area contributed by atoms with Gasteiger partial charge in [0, 0.05) is 19.3 Å². The van der Waals surface area contributed by atoms with E-state index in [0.29, 0.717) is 18.7 Å². The molecule has 0 saturated heterocycles. The molecule has 0 aliphatic rings. The van der Waals surface area contributed by atoms with Gasteiger partial charge in [-0.3, -0.25) is 9.59 Å². The summed E-state index contributed by atoms with van der Waals surface area (Å²) in [7, 11) is 1.60. The van der Waals surface area contributed by atoms with Crippen molar-refractivity contribution in [1.82, 2.24) is 10.6 Å². The molecule has 0 atom stereocenters. The molecule has 64 valence electrons. The quantitative estimate of drug-likeness (QED) is 0.412. The Balaban J connectivity index is 3.01. The van der Waals surface area contributed by atoms with Crippen LogP contribution in [0.2, 0.25) is 0 Å². The molecule has 0 aliphatic carbocycles. The van der Waals surface area contributed by atoms with Crippen molar-refractivity contribution < 1.29 is 9.59 Å². The van der Waals surface area contributed by atoms with Gasteiger partial charge in [-0.25, -0.2) is 0 Å². The highest BCUT2D eigenvalue weighted by Gasteiger charge is 1.95. The van der Waals surface area contributed by atoms with E-state index in [2.05, 4.69) is 10.6 Å². The largest absolute Gasteiger partial charge is 0.358 e. The minimum atomic E-state index is 0.0149. The van der Waals surface area contributed by atoms with Gasteiger partial charge in [-0.1, -0.05) is 0 Å². The Morgan fingerprint density at radius 3 is 2.91 bits per heavy atom. The highest BCUT2D eigenvalue weighted by Crippen LogP contribution is 1.96. The van der Waals surface area contributed by atoms with E-state index >= 15 is 0 Å². The van der Waals surface area contributed by atoms with Crippen molar-refractivity contribution in [3.63, 3.8) is 0 Å². The van der Waals surface area contributed by atoms with Crippen LogP contribution in [0.5, 0.6) is 0 Å². The van der Waals surface area contributed by atoms with Crippen molar-refractivity contribution in [3.05, 3.63) is 0 Å². The number of rotatable bonds is 6. The number of nitrogens with one attached hydrogen (secondary N) is 2. The Bertz CT molecular complexity index is 130. The number of carbonyl (C=O) groups is 2. The average Bonchev–Trinajstić information content (AvgIpc) is 2.04. The highest BCUT2D eigenvalue weighted by atomic mass is 32.2. The number of hydrogen-bond acceptors (Lipinski definition) is 3. The molecule has 0 aliphatic heterocycles. The molecule has 5 heteroatoms. The van der Waals surface area contributed by atoms with E-state index < -0.39 is 0 Å². The van der Waals surface area contributed by atoms with Gasteiger partial charge < -0.3 is 10.6 Å². The van der Waals surface area contributed by atoms with E-state index in [0.717, 1.165) is 5.75 Å². The molecule has 0 unspecified atom stereocenters. The van der Waals surface area contributed by atoms with Crippen molar-refractivity contribution in [1.29, 1.82) is 0 Å². The fraction of sp³-hybridized carbons (Fsp3) is 0.667. The lowest BCUT2D eigenvalue weighted by Gasteiger charge is -1.98. The van der Waals surface area contributed by atoms with E-state index in [1.165, 1.54) is 11.8 Å². The van der Waals surface area contributed by atoms with Gasteiger partial charge in [-0.05, 0) is 0 Å². The van der Waals surface area contributed by atoms with Crippen LogP contribution in [-0.4, -0.2) is 37.4 Å². The summed E-state index contributed by atoms with van der Waals surface area (Å²) in [6.45, 7) is 0.616. The normalized spacial score (nSPS) is 8.82. The summed E-state index contributed by atoms with van der Waals surface area (Å²) in [6.07, 6.45) is 0.653. The molecule has 0 rings (SSSR count). The van der Waals surface area contributed by atoms with E-state index in [1.807, 2.05) is 0 Å². The summed E-state index contributed by atoms with van der Waals surface area (Å²) in [5.74, 6) is 1.24. The third-order valence-electron chi connectivity index (χ3n) is 0.986. The van der Waals surface area contributed by atoms with Crippen LogP contribution in [0.1, 0.15) is 0 Å². The summed E-state index contributed by atoms with van der Waals surface area (Å²) in [5, 5.41) is 5.01. The van der Waals surface area contributed by atoms with Gasteiger partial charge in [-0.15, -0.1) is 0 Å². The molecule has 4 nitrogen and oxygen atoms in total. The summed E-state index contributed by atoms with van der Waals surface area (Å²) in [6, 6.07) is 0. The van der Waals surface area contributed by atoms with E-state index in [9.17, 15) is 9.59 Å². The lowest BCUT2D eigenvalue weighted by Crippen LogP contribution is -2.21. The van der Waals surface area contributed by atoms with Crippen molar-refractivity contribution in [3.8, 4) is 0 Å². The summed E-state index contributed by atoms with van der Waals surface area (Å²) >= 11 is 1.49. The summed E-state index contributed by atoms with van der Waals surface area (Å²) < 4.78 is 0. The minimum Gasteiger partial charge on any atom is -0.358 e. The third-order valence-corrected chi connectivity index (χ3v) is 1.95. The smallest absolute Gasteiger partial charge is 0.229 e. The molecular weight excluding hydrogens is 164 g/mol. The first-order chi connectivity index (χ1) is 5.31. The SMILES string of the molecule is CNC(=O)CSCCNC=O. The molecule has 0 bridgehead atoms. The van der Waals surface area contributed by atoms with Crippen molar-refractivity contribution in [2.24, 2.45) is 0 Å². The Morgan fingerprint density at radius 2 is 2.36 bits per heavy atom. The van der Waals surface area contributed by atoms with Gasteiger partial charge in [-0.2, -0.15) is 11.8 Å². The zero-order valence-corrected chi connectivity index (χ0v) is 7.24. The standard InChI is InChI=1S/C6H12N2O2S/c1-7-6(10)4-11-3-2-8-5-9/h5H,2-4H2,1H3,(H,7,10)(H,8,9). The van der Waals surface area contributed by atoms with Crippen LogP contribution in [0.25, 0.3) is 0 Å². The van der Waals surface area contributed by atoms with Crippen LogP contribution in [0.4, 0.5) is 0 Å². The molecule has 0 aromatic rings. The number of carbonyl (C=O) groups excluding carboxylic acids is 2. The molecule has 2 amide bonds. The fourth-order valence-electron chi connectivity index (χ4n) is 0.427. The summed E-state index contributed by atoms with van der Waals surface area (Å²) in [4.78, 5) is 20.4. The van der Waals surface area contributed by atoms with E-state index in [1.54, 1.807) is 7.05 Å². The first kappa shape index (κ1) is 10.3. The second-order valence-corrected chi connectivity index (χ2v) is 2.90. The molecule has 0 radical (unpaired) electrons. The van der Waals surface area contributed by atoms with E-state index in [-0.39, 0.29) is 5.91 Å². The van der Waals surface area contributed by atoms with Gasteiger partial charge in [0.2, 0.25) is 12.3 Å². The van der Waals surface area contributed by atoms with Gasteiger partial charge in [0.15, 0.2) is 0 Å². The molecular formula is C6H12N2O2S. The molecule has 0 saturated carbocycles. The topological polar surface area (TPSA) is 58.2 Å². The lowest BCUT2D eigenvalue weighted by atomic mass is 10.7. The minimum absolute atomic E-state index is 0.0149. The van der Waals surface area contributed by atoms with Crippen LogP contribution in [0.15, 0.2) is 0 Å². The Kier molecular flexibility index (Phi) is 6.92. The molecule has 0 fully saturated rings. The second kappa shape index (κ2) is 7.40. The second-order valence-electron chi connectivity index (χ2n) is 1.80. The van der Waals surface area contributed by atoms with Crippen LogP contribution in [-0.2, 0) is 9.59 Å². The van der Waals surface area contributed by atoms with Crippen LogP contribution in [0, 0.1) is 0 Å². The molecule has 2 N–H and O–H groups in total. The van der Waals surface area contributed by atoms with Crippen LogP contribution in [0.3, 0.4) is 0 Å². The van der Waals surface area contributed by atoms with Crippen molar-refractivity contribution in [2.75, 3.05) is 25.1 Å². The van der Waals surface area contributed by atoms with Crippen molar-refractivity contribution in [2.45, 2.75) is 0 Å². The predicted molar refractivity (Wildman–Crippen MR) is 45.5 cm³/mol. The summed E-state index contributed by atoms with van der Waals surface area (Å²) in [5.41, 5.74) is 0. The van der Waals surface area contributed by atoms with Gasteiger partial charge in [0.25, 0.3) is 0 Å². The monoisotopic (exact) mass is 176 g/mol. The first-order valence-corrected chi connectivity index (χ1v) is 4.42. The zero-order chi connectivity index (χ0) is 8.53. The predicted octanol–water partition coefficient (Wildman–Crippen LogP) is -0.788. The van der Waals surface area contributed by atoms with Crippen LogP contribution >= 0.6 is 11.8 Å². The number of amides is 2. The maximum atomic E-state index is 10.6. The highest BCUT2D eigenvalue weighted by molar-refractivity contribution is 7.99. The molecule has 0 aromatic carbocycles. The maximum Gasteiger partial charge on any atom is 0.229 e. The fourth-order valence-corrected chi connectivity index (χ4v) is 1.16. The third kappa shape index (κ3) is 7.18. The van der Waals surface area contributed by atoms with Gasteiger partial charge in [0.05, 0.1) is 5.75 Å². The molecule has 0 spiro atoms. The molecule has 11 heavy (non-hydrogen) atoms. The van der Waals surface area contributed by atoms with E-state index in [4.69, 9.17) is 0 Å². The van der Waals surface area contributed by atoms with Crippen LogP contribution < -0.4 is 10.6 Å². The zero-order valence-electron chi connectivity index (χ0n) is 6.42. The molecule has 0 heterocycles. The van der Waals surface area contributed by atoms with Crippen molar-refractivity contribution >= 4 is 24.1 Å². The number of thioether (sulfide) groups is 1. The van der Waals surface area contributed by atoms with Gasteiger partial charge >= 0.3 is 0 Å². The Hall–Kier alpha value is -0.710. The maximum absolute atomic E-state index is 10.6. The molecule has 0 aromatic heterocycles.